The number of benzene rings is 1. The third kappa shape index (κ3) is 4.62. The van der Waals surface area contributed by atoms with Crippen LogP contribution in [0.4, 0.5) is 0 Å². The lowest BCUT2D eigenvalue weighted by Gasteiger charge is -2.25. The number of nitrogens with zero attached hydrogens (tertiary/aromatic N) is 1. The molecule has 0 saturated carbocycles. The third-order valence-corrected chi connectivity index (χ3v) is 4.72. The van der Waals surface area contributed by atoms with Gasteiger partial charge in [-0.25, -0.2) is 0 Å². The molecule has 1 aliphatic heterocycles. The van der Waals surface area contributed by atoms with Gasteiger partial charge in [0.1, 0.15) is 11.5 Å². The molecule has 1 aromatic rings. The SMILES string of the molecule is CCOc1ccc(CN2CCCC(O)(CO)CC2)c(OCC)c1C. The van der Waals surface area contributed by atoms with Crippen LogP contribution in [-0.4, -0.2) is 53.6 Å². The number of ether oxygens (including phenoxy) is 2. The number of hydrogen-bond donors (Lipinski definition) is 2. The Morgan fingerprint density at radius 1 is 1.12 bits per heavy atom. The molecule has 0 bridgehead atoms. The number of hydrogen-bond acceptors (Lipinski definition) is 5. The maximum absolute atomic E-state index is 10.3. The molecular weight excluding hydrogens is 306 g/mol. The summed E-state index contributed by atoms with van der Waals surface area (Å²) in [4.78, 5) is 2.32. The molecule has 2 N–H and O–H groups in total. The van der Waals surface area contributed by atoms with E-state index in [0.717, 1.165) is 48.7 Å². The zero-order chi connectivity index (χ0) is 17.6. The van der Waals surface area contributed by atoms with Gasteiger partial charge in [0.05, 0.1) is 25.4 Å². The zero-order valence-electron chi connectivity index (χ0n) is 15.2. The summed E-state index contributed by atoms with van der Waals surface area (Å²) in [6, 6.07) is 4.09. The van der Waals surface area contributed by atoms with Crippen molar-refractivity contribution in [1.82, 2.24) is 4.90 Å². The highest BCUT2D eigenvalue weighted by molar-refractivity contribution is 5.49. The van der Waals surface area contributed by atoms with Crippen molar-refractivity contribution in [1.29, 1.82) is 0 Å². The molecule has 1 aromatic carbocycles. The monoisotopic (exact) mass is 337 g/mol. The Hall–Kier alpha value is -1.30. The summed E-state index contributed by atoms with van der Waals surface area (Å²) < 4.78 is 11.6. The van der Waals surface area contributed by atoms with Crippen molar-refractivity contribution in [2.24, 2.45) is 0 Å². The highest BCUT2D eigenvalue weighted by Crippen LogP contribution is 2.33. The summed E-state index contributed by atoms with van der Waals surface area (Å²) in [5.74, 6) is 1.78. The summed E-state index contributed by atoms with van der Waals surface area (Å²) in [5, 5.41) is 19.7. The van der Waals surface area contributed by atoms with Crippen LogP contribution in [0.2, 0.25) is 0 Å². The van der Waals surface area contributed by atoms with Crippen LogP contribution in [0.25, 0.3) is 0 Å². The van der Waals surface area contributed by atoms with Gasteiger partial charge >= 0.3 is 0 Å². The lowest BCUT2D eigenvalue weighted by Crippen LogP contribution is -2.34. The smallest absolute Gasteiger partial charge is 0.130 e. The van der Waals surface area contributed by atoms with E-state index in [-0.39, 0.29) is 6.61 Å². The maximum atomic E-state index is 10.3. The van der Waals surface area contributed by atoms with Crippen LogP contribution in [0.1, 0.15) is 44.2 Å². The second kappa shape index (κ2) is 8.70. The minimum atomic E-state index is -0.924. The van der Waals surface area contributed by atoms with E-state index in [9.17, 15) is 10.2 Å². The van der Waals surface area contributed by atoms with Crippen molar-refractivity contribution in [3.8, 4) is 11.5 Å². The summed E-state index contributed by atoms with van der Waals surface area (Å²) in [5.41, 5.74) is 1.26. The minimum Gasteiger partial charge on any atom is -0.493 e. The van der Waals surface area contributed by atoms with Crippen LogP contribution in [0.3, 0.4) is 0 Å². The van der Waals surface area contributed by atoms with Crippen molar-refractivity contribution < 1.29 is 19.7 Å². The highest BCUT2D eigenvalue weighted by atomic mass is 16.5. The standard InChI is InChI=1S/C19H31NO4/c1-4-23-17-8-7-16(18(15(17)3)24-5-2)13-20-11-6-9-19(22,14-21)10-12-20/h7-8,21-22H,4-6,9-14H2,1-3H3. The fraction of sp³-hybridized carbons (Fsp3) is 0.684. The van der Waals surface area contributed by atoms with Gasteiger partial charge in [-0.2, -0.15) is 0 Å². The first-order chi connectivity index (χ1) is 11.5. The van der Waals surface area contributed by atoms with Crippen LogP contribution in [0, 0.1) is 6.92 Å². The largest absolute Gasteiger partial charge is 0.493 e. The topological polar surface area (TPSA) is 62.2 Å². The van der Waals surface area contributed by atoms with Gasteiger partial charge in [0.2, 0.25) is 0 Å². The highest BCUT2D eigenvalue weighted by Gasteiger charge is 2.29. The average Bonchev–Trinajstić information content (AvgIpc) is 2.76. The number of aliphatic hydroxyl groups excluding tert-OH is 1. The first-order valence-electron chi connectivity index (χ1n) is 8.96. The fourth-order valence-electron chi connectivity index (χ4n) is 3.30. The minimum absolute atomic E-state index is 0.160. The lowest BCUT2D eigenvalue weighted by atomic mass is 9.96. The molecule has 5 nitrogen and oxygen atoms in total. The molecule has 0 amide bonds. The van der Waals surface area contributed by atoms with Crippen molar-refractivity contribution in [2.75, 3.05) is 32.9 Å². The van der Waals surface area contributed by atoms with E-state index in [1.807, 2.05) is 26.8 Å². The van der Waals surface area contributed by atoms with E-state index in [1.165, 1.54) is 0 Å². The Kier molecular flexibility index (Phi) is 6.90. The molecule has 1 aliphatic rings. The van der Waals surface area contributed by atoms with Crippen LogP contribution < -0.4 is 9.47 Å². The van der Waals surface area contributed by atoms with Gasteiger partial charge in [0.25, 0.3) is 0 Å². The number of aliphatic hydroxyl groups is 2. The molecule has 2 rings (SSSR count). The quantitative estimate of drug-likeness (QED) is 0.800. The van der Waals surface area contributed by atoms with E-state index in [1.54, 1.807) is 0 Å². The molecule has 0 aliphatic carbocycles. The molecule has 24 heavy (non-hydrogen) atoms. The average molecular weight is 337 g/mol. The Morgan fingerprint density at radius 3 is 2.54 bits per heavy atom. The Morgan fingerprint density at radius 2 is 1.88 bits per heavy atom. The summed E-state index contributed by atoms with van der Waals surface area (Å²) >= 11 is 0. The fourth-order valence-corrected chi connectivity index (χ4v) is 3.30. The van der Waals surface area contributed by atoms with Crippen LogP contribution >= 0.6 is 0 Å². The second-order valence-corrected chi connectivity index (χ2v) is 6.56. The van der Waals surface area contributed by atoms with Gasteiger partial charge < -0.3 is 19.7 Å². The third-order valence-electron chi connectivity index (χ3n) is 4.72. The molecular formula is C19H31NO4. The van der Waals surface area contributed by atoms with Gasteiger partial charge in [0.15, 0.2) is 0 Å². The summed E-state index contributed by atoms with van der Waals surface area (Å²) in [7, 11) is 0. The van der Waals surface area contributed by atoms with Crippen molar-refractivity contribution in [3.63, 3.8) is 0 Å². The predicted octanol–water partition coefficient (Wildman–Crippen LogP) is 2.50. The van der Waals surface area contributed by atoms with E-state index in [4.69, 9.17) is 9.47 Å². The normalized spacial score (nSPS) is 22.2. The zero-order valence-corrected chi connectivity index (χ0v) is 15.2. The molecule has 1 saturated heterocycles. The maximum Gasteiger partial charge on any atom is 0.130 e. The number of likely N-dealkylation sites (tertiary alicyclic amines) is 1. The van der Waals surface area contributed by atoms with Crippen LogP contribution in [0.15, 0.2) is 12.1 Å². The van der Waals surface area contributed by atoms with E-state index < -0.39 is 5.60 Å². The van der Waals surface area contributed by atoms with E-state index in [0.29, 0.717) is 26.1 Å². The Labute approximate surface area is 145 Å². The molecule has 0 radical (unpaired) electrons. The van der Waals surface area contributed by atoms with Crippen molar-refractivity contribution >= 4 is 0 Å². The first kappa shape index (κ1) is 19.0. The van der Waals surface area contributed by atoms with Crippen molar-refractivity contribution in [2.45, 2.75) is 52.2 Å². The molecule has 0 aromatic heterocycles. The molecule has 1 fully saturated rings. The molecule has 136 valence electrons. The van der Waals surface area contributed by atoms with Gasteiger partial charge in [-0.15, -0.1) is 0 Å². The summed E-state index contributed by atoms with van der Waals surface area (Å²) in [6.45, 7) is 9.57. The lowest BCUT2D eigenvalue weighted by molar-refractivity contribution is -0.0255. The molecule has 1 unspecified atom stereocenters. The molecule has 0 spiro atoms. The van der Waals surface area contributed by atoms with Crippen LogP contribution in [-0.2, 0) is 6.54 Å². The number of rotatable bonds is 7. The molecule has 1 atom stereocenters. The summed E-state index contributed by atoms with van der Waals surface area (Å²) in [6.07, 6.45) is 2.14. The second-order valence-electron chi connectivity index (χ2n) is 6.56. The van der Waals surface area contributed by atoms with E-state index in [2.05, 4.69) is 11.0 Å². The van der Waals surface area contributed by atoms with Crippen molar-refractivity contribution in [3.05, 3.63) is 23.3 Å². The Balaban J connectivity index is 2.15. The van der Waals surface area contributed by atoms with E-state index >= 15 is 0 Å². The van der Waals surface area contributed by atoms with Gasteiger partial charge in [-0.1, -0.05) is 6.07 Å². The Bertz CT molecular complexity index is 534. The van der Waals surface area contributed by atoms with Crippen LogP contribution in [0.5, 0.6) is 11.5 Å². The molecule has 5 heteroatoms. The van der Waals surface area contributed by atoms with Gasteiger partial charge in [-0.3, -0.25) is 4.90 Å². The van der Waals surface area contributed by atoms with Gasteiger partial charge in [0, 0.05) is 24.2 Å². The predicted molar refractivity (Wildman–Crippen MR) is 94.7 cm³/mol. The first-order valence-corrected chi connectivity index (χ1v) is 8.96. The van der Waals surface area contributed by atoms with Gasteiger partial charge in [-0.05, 0) is 52.6 Å². The molecule has 1 heterocycles.